The van der Waals surface area contributed by atoms with Crippen molar-refractivity contribution in [2.75, 3.05) is 46.5 Å². The first-order valence-electron chi connectivity index (χ1n) is 16.4. The van der Waals surface area contributed by atoms with E-state index in [1.807, 2.05) is 30.3 Å². The fraction of sp³-hybridized carbons (Fsp3) is 0.600. The van der Waals surface area contributed by atoms with Gasteiger partial charge in [-0.3, -0.25) is 0 Å². The van der Waals surface area contributed by atoms with Crippen molar-refractivity contribution in [3.8, 4) is 0 Å². The Labute approximate surface area is 292 Å². The Morgan fingerprint density at radius 3 is 2.27 bits per heavy atom. The number of methoxy groups -OCH3 is 1. The predicted octanol–water partition coefficient (Wildman–Crippen LogP) is 6.51. The van der Waals surface area contributed by atoms with Crippen molar-refractivity contribution in [3.05, 3.63) is 71.5 Å². The summed E-state index contributed by atoms with van der Waals surface area (Å²) in [6.45, 7) is 16.0. The lowest BCUT2D eigenvalue weighted by molar-refractivity contribution is -0.0123. The molecule has 11 nitrogen and oxygen atoms in total. The fourth-order valence-corrected chi connectivity index (χ4v) is 7.45. The second-order valence-corrected chi connectivity index (χ2v) is 21.6. The van der Waals surface area contributed by atoms with Crippen molar-refractivity contribution in [1.82, 2.24) is 9.21 Å². The molecule has 0 saturated carbocycles. The molecule has 2 aromatic rings. The van der Waals surface area contributed by atoms with Crippen molar-refractivity contribution in [3.63, 3.8) is 0 Å². The molecule has 0 N–H and O–H groups in total. The Kier molecular flexibility index (Phi) is 13.6. The first-order chi connectivity index (χ1) is 22.7. The molecule has 0 radical (unpaired) electrons. The maximum atomic E-state index is 15.9. The molecule has 1 amide bonds. The number of nitrogens with zero attached hydrogens (tertiary/aromatic N) is 3. The maximum absolute atomic E-state index is 15.9. The highest BCUT2D eigenvalue weighted by Crippen LogP contribution is 2.41. The quantitative estimate of drug-likeness (QED) is 0.123. The standard InChI is InChI=1S/C35H54FN3O8SSi/c1-33(2,3)47-32(40)39(26-44-21-20-43-8)31-37-35(25-48(41,42)38(31)7,29-18-14-15-19-30(29)36)22-28(24-46-49(9,10)34(4,5)6)45-23-27-16-12-11-13-17-27/h11-19,28H,20-26H2,1-10H3. The summed E-state index contributed by atoms with van der Waals surface area (Å²) in [6, 6.07) is 15.5. The lowest BCUT2D eigenvalue weighted by Gasteiger charge is -2.43. The van der Waals surface area contributed by atoms with E-state index in [9.17, 15) is 13.2 Å². The van der Waals surface area contributed by atoms with E-state index in [4.69, 9.17) is 28.4 Å². The number of amides is 1. The molecular formula is C35H54FN3O8SSi. The molecule has 0 spiro atoms. The second kappa shape index (κ2) is 16.4. The molecule has 2 unspecified atom stereocenters. The van der Waals surface area contributed by atoms with Crippen LogP contribution in [0, 0.1) is 5.82 Å². The van der Waals surface area contributed by atoms with Gasteiger partial charge in [0.05, 0.1) is 38.3 Å². The zero-order valence-corrected chi connectivity index (χ0v) is 32.4. The molecule has 2 atom stereocenters. The summed E-state index contributed by atoms with van der Waals surface area (Å²) in [5.74, 6) is -1.50. The molecule has 274 valence electrons. The monoisotopic (exact) mass is 723 g/mol. The summed E-state index contributed by atoms with van der Waals surface area (Å²) in [5.41, 5.74) is -1.69. The second-order valence-electron chi connectivity index (χ2n) is 14.8. The Hall–Kier alpha value is -2.88. The summed E-state index contributed by atoms with van der Waals surface area (Å²) < 4.78 is 74.6. The Morgan fingerprint density at radius 2 is 1.67 bits per heavy atom. The largest absolute Gasteiger partial charge is 0.443 e. The Morgan fingerprint density at radius 1 is 1.04 bits per heavy atom. The van der Waals surface area contributed by atoms with E-state index in [1.165, 1.54) is 32.4 Å². The van der Waals surface area contributed by atoms with E-state index >= 15 is 4.39 Å². The topological polar surface area (TPSA) is 116 Å². The average Bonchev–Trinajstić information content (AvgIpc) is 2.99. The molecule has 14 heteroatoms. The molecule has 1 aliphatic rings. The van der Waals surface area contributed by atoms with E-state index in [-0.39, 0.29) is 49.4 Å². The first-order valence-corrected chi connectivity index (χ1v) is 20.9. The van der Waals surface area contributed by atoms with Crippen molar-refractivity contribution >= 4 is 30.4 Å². The van der Waals surface area contributed by atoms with Gasteiger partial charge in [-0.25, -0.2) is 31.8 Å². The highest BCUT2D eigenvalue weighted by atomic mass is 32.2. The van der Waals surface area contributed by atoms with Crippen LogP contribution in [-0.2, 0) is 45.5 Å². The summed E-state index contributed by atoms with van der Waals surface area (Å²) >= 11 is 0. The number of aliphatic imine (C=N–C) groups is 1. The lowest BCUT2D eigenvalue weighted by Crippen LogP contribution is -2.57. The minimum atomic E-state index is -4.20. The normalized spacial score (nSPS) is 18.9. The van der Waals surface area contributed by atoms with Crippen molar-refractivity contribution in [2.24, 2.45) is 4.99 Å². The zero-order chi connectivity index (χ0) is 36.7. The average molecular weight is 724 g/mol. The summed E-state index contributed by atoms with van der Waals surface area (Å²) in [5, 5.41) is -0.112. The van der Waals surface area contributed by atoms with E-state index in [0.717, 1.165) is 14.8 Å². The summed E-state index contributed by atoms with van der Waals surface area (Å²) in [7, 11) is -3.69. The molecule has 0 saturated heterocycles. The van der Waals surface area contributed by atoms with Gasteiger partial charge in [0.2, 0.25) is 16.0 Å². The number of benzene rings is 2. The minimum absolute atomic E-state index is 0.0502. The van der Waals surface area contributed by atoms with Crippen LogP contribution in [-0.4, -0.2) is 96.2 Å². The van der Waals surface area contributed by atoms with Gasteiger partial charge in [0.25, 0.3) is 0 Å². The number of rotatable bonds is 14. The molecule has 0 aliphatic carbocycles. The van der Waals surface area contributed by atoms with Crippen LogP contribution >= 0.6 is 0 Å². The van der Waals surface area contributed by atoms with Crippen molar-refractivity contribution < 1.29 is 41.0 Å². The van der Waals surface area contributed by atoms with Crippen molar-refractivity contribution in [1.29, 1.82) is 0 Å². The van der Waals surface area contributed by atoms with Gasteiger partial charge in [-0.05, 0) is 50.5 Å². The van der Waals surface area contributed by atoms with E-state index < -0.39 is 60.0 Å². The van der Waals surface area contributed by atoms with Gasteiger partial charge >= 0.3 is 6.09 Å². The molecule has 0 fully saturated rings. The van der Waals surface area contributed by atoms with E-state index in [2.05, 4.69) is 33.9 Å². The summed E-state index contributed by atoms with van der Waals surface area (Å²) in [4.78, 5) is 19.6. The van der Waals surface area contributed by atoms with Gasteiger partial charge in [0.15, 0.2) is 8.32 Å². The minimum Gasteiger partial charge on any atom is -0.443 e. The number of ether oxygens (including phenoxy) is 4. The van der Waals surface area contributed by atoms with Crippen LogP contribution in [0.1, 0.15) is 59.1 Å². The predicted molar refractivity (Wildman–Crippen MR) is 191 cm³/mol. The third-order valence-electron chi connectivity index (χ3n) is 8.65. The van der Waals surface area contributed by atoms with Crippen LogP contribution in [0.2, 0.25) is 18.1 Å². The Balaban J connectivity index is 2.21. The Bertz CT molecular complexity index is 1530. The van der Waals surface area contributed by atoms with Crippen LogP contribution in [0.5, 0.6) is 0 Å². The van der Waals surface area contributed by atoms with Gasteiger partial charge in [-0.15, -0.1) is 0 Å². The molecule has 1 aliphatic heterocycles. The SMILES string of the molecule is COCCOCN(C(=O)OC(C)(C)C)C1=NC(CC(CO[Si](C)(C)C(C)(C)C)OCc2ccccc2)(c2ccccc2F)CS(=O)(=O)N1C. The highest BCUT2D eigenvalue weighted by molar-refractivity contribution is 7.89. The van der Waals surface area contributed by atoms with E-state index in [1.54, 1.807) is 26.8 Å². The molecule has 3 rings (SSSR count). The third kappa shape index (κ3) is 11.1. The van der Waals surface area contributed by atoms with Crippen LogP contribution in [0.25, 0.3) is 0 Å². The van der Waals surface area contributed by atoms with Gasteiger partial charge < -0.3 is 23.4 Å². The molecule has 2 aromatic carbocycles. The van der Waals surface area contributed by atoms with Gasteiger partial charge in [-0.1, -0.05) is 69.3 Å². The fourth-order valence-electron chi connectivity index (χ4n) is 4.89. The molecule has 0 aromatic heterocycles. The third-order valence-corrected chi connectivity index (χ3v) is 15.0. The van der Waals surface area contributed by atoms with Crippen LogP contribution < -0.4 is 0 Å². The molecular weight excluding hydrogens is 670 g/mol. The molecule has 49 heavy (non-hydrogen) atoms. The van der Waals surface area contributed by atoms with Gasteiger partial charge in [0.1, 0.15) is 23.7 Å². The van der Waals surface area contributed by atoms with Crippen LogP contribution in [0.3, 0.4) is 0 Å². The van der Waals surface area contributed by atoms with Gasteiger partial charge in [0, 0.05) is 26.1 Å². The molecule has 0 bridgehead atoms. The summed E-state index contributed by atoms with van der Waals surface area (Å²) in [6.07, 6.45) is -1.67. The van der Waals surface area contributed by atoms with E-state index in [0.29, 0.717) is 0 Å². The number of halogens is 1. The number of guanidine groups is 1. The van der Waals surface area contributed by atoms with Crippen molar-refractivity contribution in [2.45, 2.75) is 89.9 Å². The number of sulfonamides is 1. The lowest BCUT2D eigenvalue weighted by atomic mass is 9.86. The number of carbonyl (C=O) groups is 1. The van der Waals surface area contributed by atoms with Crippen LogP contribution in [0.15, 0.2) is 59.6 Å². The zero-order valence-electron chi connectivity index (χ0n) is 30.6. The smallest absolute Gasteiger partial charge is 0.419 e. The highest BCUT2D eigenvalue weighted by Gasteiger charge is 2.50. The van der Waals surface area contributed by atoms with Gasteiger partial charge in [-0.2, -0.15) is 0 Å². The van der Waals surface area contributed by atoms with Crippen LogP contribution in [0.4, 0.5) is 9.18 Å². The molecule has 1 heterocycles. The maximum Gasteiger partial charge on any atom is 0.419 e. The number of hydrogen-bond donors (Lipinski definition) is 0. The number of carbonyl (C=O) groups excluding carboxylic acids is 1. The number of hydrogen-bond acceptors (Lipinski definition) is 9. The first kappa shape index (κ1) is 40.5.